The van der Waals surface area contributed by atoms with Crippen molar-refractivity contribution in [2.24, 2.45) is 0 Å². The molecule has 0 fully saturated rings. The van der Waals surface area contributed by atoms with Gasteiger partial charge in [-0.2, -0.15) is 5.10 Å². The molecule has 0 spiro atoms. The Bertz CT molecular complexity index is 1200. The van der Waals surface area contributed by atoms with Crippen molar-refractivity contribution in [3.05, 3.63) is 102 Å². The first kappa shape index (κ1) is 23.1. The van der Waals surface area contributed by atoms with Crippen molar-refractivity contribution in [2.75, 3.05) is 14.2 Å². The van der Waals surface area contributed by atoms with E-state index >= 15 is 0 Å². The lowest BCUT2D eigenvalue weighted by Gasteiger charge is -2.09. The van der Waals surface area contributed by atoms with Crippen molar-refractivity contribution in [2.45, 2.75) is 25.9 Å². The van der Waals surface area contributed by atoms with Crippen LogP contribution in [0.1, 0.15) is 23.1 Å². The third-order valence-electron chi connectivity index (χ3n) is 5.60. The zero-order valence-electron chi connectivity index (χ0n) is 19.5. The van der Waals surface area contributed by atoms with Gasteiger partial charge in [0.1, 0.15) is 11.5 Å². The van der Waals surface area contributed by atoms with Gasteiger partial charge in [0.25, 0.3) is 0 Å². The molecule has 1 aromatic heterocycles. The highest BCUT2D eigenvalue weighted by atomic mass is 16.5. The number of carbonyl (C=O) groups excluding carboxylic acids is 1. The van der Waals surface area contributed by atoms with Crippen LogP contribution in [0.3, 0.4) is 0 Å². The molecule has 0 unspecified atom stereocenters. The highest BCUT2D eigenvalue weighted by Crippen LogP contribution is 2.24. The topological polar surface area (TPSA) is 65.4 Å². The number of nitrogens with zero attached hydrogens (tertiary/aromatic N) is 2. The molecule has 0 saturated carbocycles. The maximum absolute atomic E-state index is 12.6. The molecule has 3 aromatic carbocycles. The van der Waals surface area contributed by atoms with Crippen LogP contribution in [0, 0.1) is 0 Å². The van der Waals surface area contributed by atoms with Gasteiger partial charge in [-0.25, -0.2) is 0 Å². The van der Waals surface area contributed by atoms with E-state index < -0.39 is 0 Å². The first-order valence-electron chi connectivity index (χ1n) is 11.3. The van der Waals surface area contributed by atoms with Crippen LogP contribution in [0.5, 0.6) is 11.5 Å². The molecule has 0 bridgehead atoms. The van der Waals surface area contributed by atoms with Gasteiger partial charge in [0, 0.05) is 36.4 Å². The van der Waals surface area contributed by atoms with E-state index in [-0.39, 0.29) is 5.91 Å². The number of rotatable bonds is 10. The molecule has 4 rings (SSSR count). The van der Waals surface area contributed by atoms with E-state index in [1.54, 1.807) is 14.2 Å². The number of hydrogen-bond acceptors (Lipinski definition) is 4. The van der Waals surface area contributed by atoms with E-state index in [1.165, 1.54) is 5.56 Å². The normalized spacial score (nSPS) is 10.6. The summed E-state index contributed by atoms with van der Waals surface area (Å²) in [5.74, 6) is 1.41. The summed E-state index contributed by atoms with van der Waals surface area (Å²) in [5.41, 5.74) is 5.07. The van der Waals surface area contributed by atoms with Crippen LogP contribution in [0.2, 0.25) is 0 Å². The Labute approximate surface area is 200 Å². The fourth-order valence-electron chi connectivity index (χ4n) is 3.83. The molecule has 174 valence electrons. The summed E-state index contributed by atoms with van der Waals surface area (Å²) in [6.07, 6.45) is 2.98. The van der Waals surface area contributed by atoms with Crippen LogP contribution in [-0.4, -0.2) is 29.9 Å². The van der Waals surface area contributed by atoms with Gasteiger partial charge < -0.3 is 14.8 Å². The van der Waals surface area contributed by atoms with Crippen LogP contribution >= 0.6 is 0 Å². The van der Waals surface area contributed by atoms with Gasteiger partial charge in [-0.3, -0.25) is 9.48 Å². The van der Waals surface area contributed by atoms with Crippen LogP contribution < -0.4 is 14.8 Å². The second-order valence-corrected chi connectivity index (χ2v) is 8.05. The molecule has 6 heteroatoms. The van der Waals surface area contributed by atoms with Crippen molar-refractivity contribution in [1.82, 2.24) is 15.1 Å². The van der Waals surface area contributed by atoms with Crippen LogP contribution in [0.15, 0.2) is 85.1 Å². The second-order valence-electron chi connectivity index (χ2n) is 8.05. The van der Waals surface area contributed by atoms with Gasteiger partial charge in [-0.1, -0.05) is 60.7 Å². The lowest BCUT2D eigenvalue weighted by molar-refractivity contribution is -0.121. The van der Waals surface area contributed by atoms with Crippen molar-refractivity contribution in [3.63, 3.8) is 0 Å². The number of nitrogens with one attached hydrogen (secondary N) is 1. The van der Waals surface area contributed by atoms with Crippen LogP contribution in [0.25, 0.3) is 11.3 Å². The van der Waals surface area contributed by atoms with E-state index in [0.717, 1.165) is 22.4 Å². The molecule has 0 saturated heterocycles. The Balaban J connectivity index is 1.43. The smallest absolute Gasteiger partial charge is 0.220 e. The van der Waals surface area contributed by atoms with E-state index in [1.807, 2.05) is 77.6 Å². The standard InChI is InChI=1S/C28H29N3O3/c1-33-25-15-22(16-26(17-25)34-2)13-14-27(32)29-18-24-20-31(19-21-9-5-3-6-10-21)30-28(24)23-11-7-4-8-12-23/h3-12,15-17,20H,13-14,18-19H2,1-2H3,(H,29,32). The maximum atomic E-state index is 12.6. The van der Waals surface area contributed by atoms with E-state index in [4.69, 9.17) is 14.6 Å². The molecule has 0 aliphatic carbocycles. The summed E-state index contributed by atoms with van der Waals surface area (Å²) in [7, 11) is 3.24. The summed E-state index contributed by atoms with van der Waals surface area (Å²) in [6, 6.07) is 25.9. The largest absolute Gasteiger partial charge is 0.497 e. The summed E-state index contributed by atoms with van der Waals surface area (Å²) in [5, 5.41) is 7.88. The SMILES string of the molecule is COc1cc(CCC(=O)NCc2cn(Cc3ccccc3)nc2-c2ccccc2)cc(OC)c1. The first-order valence-corrected chi connectivity index (χ1v) is 11.3. The summed E-state index contributed by atoms with van der Waals surface area (Å²) in [4.78, 5) is 12.6. The third-order valence-corrected chi connectivity index (χ3v) is 5.60. The molecular weight excluding hydrogens is 426 g/mol. The quantitative estimate of drug-likeness (QED) is 0.371. The lowest BCUT2D eigenvalue weighted by Crippen LogP contribution is -2.23. The third kappa shape index (κ3) is 6.04. The molecule has 34 heavy (non-hydrogen) atoms. The minimum atomic E-state index is -0.0170. The Hall–Kier alpha value is -4.06. The molecule has 6 nitrogen and oxygen atoms in total. The number of hydrogen-bond donors (Lipinski definition) is 1. The highest BCUT2D eigenvalue weighted by molar-refractivity contribution is 5.76. The number of amides is 1. The number of ether oxygens (including phenoxy) is 2. The Morgan fingerprint density at radius 2 is 1.53 bits per heavy atom. The predicted octanol–water partition coefficient (Wildman–Crippen LogP) is 4.86. The molecule has 1 N–H and O–H groups in total. The van der Waals surface area contributed by atoms with E-state index in [0.29, 0.717) is 37.4 Å². The fraction of sp³-hybridized carbons (Fsp3) is 0.214. The zero-order valence-corrected chi connectivity index (χ0v) is 19.5. The van der Waals surface area contributed by atoms with Crippen molar-refractivity contribution < 1.29 is 14.3 Å². The Kier molecular flexibility index (Phi) is 7.60. The van der Waals surface area contributed by atoms with Gasteiger partial charge in [0.05, 0.1) is 26.5 Å². The number of methoxy groups -OCH3 is 2. The van der Waals surface area contributed by atoms with Gasteiger partial charge in [-0.05, 0) is 29.7 Å². The van der Waals surface area contributed by atoms with Crippen molar-refractivity contribution >= 4 is 5.91 Å². The number of carbonyl (C=O) groups is 1. The molecule has 0 radical (unpaired) electrons. The Morgan fingerprint density at radius 3 is 2.18 bits per heavy atom. The average Bonchev–Trinajstić information content (AvgIpc) is 3.29. The van der Waals surface area contributed by atoms with Gasteiger partial charge in [0.15, 0.2) is 0 Å². The van der Waals surface area contributed by atoms with Crippen LogP contribution in [-0.2, 0) is 24.3 Å². The van der Waals surface area contributed by atoms with E-state index in [2.05, 4.69) is 17.4 Å². The molecule has 0 aliphatic heterocycles. The molecule has 1 amide bonds. The zero-order chi connectivity index (χ0) is 23.8. The van der Waals surface area contributed by atoms with Gasteiger partial charge in [0.2, 0.25) is 5.91 Å². The maximum Gasteiger partial charge on any atom is 0.220 e. The minimum absolute atomic E-state index is 0.0170. The predicted molar refractivity (Wildman–Crippen MR) is 133 cm³/mol. The lowest BCUT2D eigenvalue weighted by atomic mass is 10.1. The van der Waals surface area contributed by atoms with Crippen molar-refractivity contribution in [3.8, 4) is 22.8 Å². The Morgan fingerprint density at radius 1 is 0.882 bits per heavy atom. The van der Waals surface area contributed by atoms with E-state index in [9.17, 15) is 4.79 Å². The summed E-state index contributed by atoms with van der Waals surface area (Å²) >= 11 is 0. The van der Waals surface area contributed by atoms with Gasteiger partial charge in [-0.15, -0.1) is 0 Å². The summed E-state index contributed by atoms with van der Waals surface area (Å²) in [6.45, 7) is 1.09. The van der Waals surface area contributed by atoms with Gasteiger partial charge >= 0.3 is 0 Å². The molecular formula is C28H29N3O3. The number of benzene rings is 3. The second kappa shape index (κ2) is 11.2. The molecule has 1 heterocycles. The number of aromatic nitrogens is 2. The molecule has 0 aliphatic rings. The first-order chi connectivity index (χ1) is 16.6. The molecule has 4 aromatic rings. The average molecular weight is 456 g/mol. The van der Waals surface area contributed by atoms with Crippen molar-refractivity contribution in [1.29, 1.82) is 0 Å². The fourth-order valence-corrected chi connectivity index (χ4v) is 3.83. The summed E-state index contributed by atoms with van der Waals surface area (Å²) < 4.78 is 12.6. The van der Waals surface area contributed by atoms with Crippen LogP contribution in [0.4, 0.5) is 0 Å². The monoisotopic (exact) mass is 455 g/mol. The number of aryl methyl sites for hydroxylation is 1. The highest BCUT2D eigenvalue weighted by Gasteiger charge is 2.13. The molecule has 0 atom stereocenters. The minimum Gasteiger partial charge on any atom is -0.497 e.